The van der Waals surface area contributed by atoms with Crippen molar-refractivity contribution in [3.05, 3.63) is 35.9 Å². The van der Waals surface area contributed by atoms with Gasteiger partial charge in [0.1, 0.15) is 0 Å². The lowest BCUT2D eigenvalue weighted by atomic mass is 10.1. The van der Waals surface area contributed by atoms with Gasteiger partial charge in [0.25, 0.3) is 5.85 Å². The fourth-order valence-corrected chi connectivity index (χ4v) is 0.736. The summed E-state index contributed by atoms with van der Waals surface area (Å²) in [7, 11) is 0. The lowest BCUT2D eigenvalue weighted by Gasteiger charge is -2.08. The zero-order chi connectivity index (χ0) is 7.61. The molecule has 0 amide bonds. The van der Waals surface area contributed by atoms with Crippen LogP contribution in [0.3, 0.4) is 0 Å². The van der Waals surface area contributed by atoms with E-state index >= 15 is 0 Å². The second-order valence-electron chi connectivity index (χ2n) is 2.28. The first kappa shape index (κ1) is 7.22. The third kappa shape index (κ3) is 1.54. The van der Waals surface area contributed by atoms with Gasteiger partial charge in [0.15, 0.2) is 0 Å². The molecule has 0 fully saturated rings. The zero-order valence-corrected chi connectivity index (χ0v) is 5.67. The predicted molar refractivity (Wildman–Crippen MR) is 35.6 cm³/mol. The molecule has 0 saturated heterocycles. The van der Waals surface area contributed by atoms with Gasteiger partial charge in [0.05, 0.1) is 0 Å². The summed E-state index contributed by atoms with van der Waals surface area (Å²) >= 11 is 0. The molecule has 0 spiro atoms. The highest BCUT2D eigenvalue weighted by Crippen LogP contribution is 2.21. The second-order valence-corrected chi connectivity index (χ2v) is 2.28. The topological polar surface area (TPSA) is 19.9 Å². The number of hydrogen-bond donors (Lipinski definition) is 0. The Morgan fingerprint density at radius 1 is 1.30 bits per heavy atom. The standard InChI is InChI=1S/C8H8FO/c1-8(9,10)7-5-3-2-4-6-7/h2-6H,1H3. The molecule has 1 rings (SSSR count). The Kier molecular flexibility index (Phi) is 1.72. The number of hydrogen-bond acceptors (Lipinski definition) is 0. The summed E-state index contributed by atoms with van der Waals surface area (Å²) in [6, 6.07) is 7.99. The second kappa shape index (κ2) is 2.39. The molecule has 0 N–H and O–H groups in total. The van der Waals surface area contributed by atoms with Crippen LogP contribution in [0.2, 0.25) is 0 Å². The molecule has 1 aromatic carbocycles. The number of rotatable bonds is 1. The van der Waals surface area contributed by atoms with Crippen LogP contribution in [0, 0.1) is 0 Å². The third-order valence-corrected chi connectivity index (χ3v) is 1.29. The lowest BCUT2D eigenvalue weighted by molar-refractivity contribution is -0.133. The van der Waals surface area contributed by atoms with Crippen LogP contribution < -0.4 is 0 Å². The van der Waals surface area contributed by atoms with Crippen molar-refractivity contribution in [2.75, 3.05) is 0 Å². The summed E-state index contributed by atoms with van der Waals surface area (Å²) in [5.41, 5.74) is 0.176. The van der Waals surface area contributed by atoms with Crippen molar-refractivity contribution in [3.8, 4) is 0 Å². The molecule has 1 atom stereocenters. The van der Waals surface area contributed by atoms with Gasteiger partial charge in [0.2, 0.25) is 0 Å². The molecule has 53 valence electrons. The first-order valence-corrected chi connectivity index (χ1v) is 3.05. The molecule has 1 radical (unpaired) electrons. The van der Waals surface area contributed by atoms with Crippen molar-refractivity contribution in [2.24, 2.45) is 0 Å². The summed E-state index contributed by atoms with van der Waals surface area (Å²) in [6.45, 7) is 1.00. The summed E-state index contributed by atoms with van der Waals surface area (Å²) in [5, 5.41) is 10.6. The molecule has 1 aromatic rings. The number of benzene rings is 1. The molecule has 0 aliphatic carbocycles. The van der Waals surface area contributed by atoms with Crippen molar-refractivity contribution in [1.82, 2.24) is 0 Å². The van der Waals surface area contributed by atoms with E-state index in [0.29, 0.717) is 0 Å². The summed E-state index contributed by atoms with van der Waals surface area (Å²) in [5.74, 6) is -2.46. The van der Waals surface area contributed by atoms with E-state index in [9.17, 15) is 9.50 Å². The van der Waals surface area contributed by atoms with E-state index in [1.807, 2.05) is 0 Å². The SMILES string of the molecule is CC([O])(F)c1ccccc1. The molecular weight excluding hydrogens is 131 g/mol. The third-order valence-electron chi connectivity index (χ3n) is 1.29. The van der Waals surface area contributed by atoms with E-state index in [2.05, 4.69) is 0 Å². The Labute approximate surface area is 59.1 Å². The van der Waals surface area contributed by atoms with E-state index in [-0.39, 0.29) is 5.56 Å². The van der Waals surface area contributed by atoms with E-state index < -0.39 is 5.85 Å². The highest BCUT2D eigenvalue weighted by Gasteiger charge is 2.22. The highest BCUT2D eigenvalue weighted by molar-refractivity contribution is 5.18. The van der Waals surface area contributed by atoms with Crippen LogP contribution in [0.5, 0.6) is 0 Å². The van der Waals surface area contributed by atoms with Gasteiger partial charge >= 0.3 is 0 Å². The van der Waals surface area contributed by atoms with E-state index in [1.54, 1.807) is 18.2 Å². The van der Waals surface area contributed by atoms with Gasteiger partial charge in [-0.3, -0.25) is 0 Å². The van der Waals surface area contributed by atoms with E-state index in [4.69, 9.17) is 0 Å². The Morgan fingerprint density at radius 2 is 1.80 bits per heavy atom. The van der Waals surface area contributed by atoms with Crippen LogP contribution in [-0.2, 0) is 11.0 Å². The van der Waals surface area contributed by atoms with Gasteiger partial charge in [-0.1, -0.05) is 30.3 Å². The van der Waals surface area contributed by atoms with Crippen molar-refractivity contribution >= 4 is 0 Å². The van der Waals surface area contributed by atoms with Gasteiger partial charge in [-0.2, -0.15) is 5.11 Å². The summed E-state index contributed by atoms with van der Waals surface area (Å²) in [4.78, 5) is 0. The van der Waals surface area contributed by atoms with Crippen LogP contribution in [0.15, 0.2) is 30.3 Å². The smallest absolute Gasteiger partial charge is 0.204 e. The largest absolute Gasteiger partial charge is 0.263 e. The Bertz CT molecular complexity index is 200. The molecule has 1 nitrogen and oxygen atoms in total. The van der Waals surface area contributed by atoms with Gasteiger partial charge < -0.3 is 0 Å². The van der Waals surface area contributed by atoms with Gasteiger partial charge in [-0.15, -0.1) is 0 Å². The predicted octanol–water partition coefficient (Wildman–Crippen LogP) is 2.26. The monoisotopic (exact) mass is 139 g/mol. The lowest BCUT2D eigenvalue weighted by Crippen LogP contribution is -2.10. The zero-order valence-electron chi connectivity index (χ0n) is 5.67. The van der Waals surface area contributed by atoms with Crippen LogP contribution in [-0.4, -0.2) is 0 Å². The molecule has 0 bridgehead atoms. The van der Waals surface area contributed by atoms with Crippen molar-refractivity contribution in [3.63, 3.8) is 0 Å². The number of alkyl halides is 1. The van der Waals surface area contributed by atoms with Crippen molar-refractivity contribution in [1.29, 1.82) is 0 Å². The molecule has 0 heterocycles. The maximum Gasteiger partial charge on any atom is 0.263 e. The average Bonchev–Trinajstić information content (AvgIpc) is 1.88. The maximum atomic E-state index is 12.6. The van der Waals surface area contributed by atoms with Crippen LogP contribution >= 0.6 is 0 Å². The summed E-state index contributed by atoms with van der Waals surface area (Å²) < 4.78 is 12.6. The minimum Gasteiger partial charge on any atom is -0.204 e. The first-order valence-electron chi connectivity index (χ1n) is 3.05. The average molecular weight is 139 g/mol. The molecule has 10 heavy (non-hydrogen) atoms. The minimum atomic E-state index is -2.46. The maximum absolute atomic E-state index is 12.6. The fourth-order valence-electron chi connectivity index (χ4n) is 0.736. The molecule has 0 saturated carbocycles. The molecule has 0 aliphatic rings. The summed E-state index contributed by atoms with van der Waals surface area (Å²) in [6.07, 6.45) is 0. The Morgan fingerprint density at radius 3 is 2.10 bits per heavy atom. The van der Waals surface area contributed by atoms with Gasteiger partial charge in [-0.05, 0) is 0 Å². The molecule has 1 unspecified atom stereocenters. The van der Waals surface area contributed by atoms with Gasteiger partial charge in [0, 0.05) is 12.5 Å². The molecule has 2 heteroatoms. The van der Waals surface area contributed by atoms with Crippen molar-refractivity contribution in [2.45, 2.75) is 12.8 Å². The highest BCUT2D eigenvalue weighted by atomic mass is 19.2. The molecule has 0 aliphatic heterocycles. The van der Waals surface area contributed by atoms with Gasteiger partial charge in [-0.25, -0.2) is 4.39 Å². The normalized spacial score (nSPS) is 16.3. The molecular formula is C8H8FO. The van der Waals surface area contributed by atoms with Crippen LogP contribution in [0.4, 0.5) is 4.39 Å². The van der Waals surface area contributed by atoms with Crippen molar-refractivity contribution < 1.29 is 9.50 Å². The Hall–Kier alpha value is -0.890. The van der Waals surface area contributed by atoms with Crippen LogP contribution in [0.1, 0.15) is 12.5 Å². The quantitative estimate of drug-likeness (QED) is 0.568. The fraction of sp³-hybridized carbons (Fsp3) is 0.250. The molecule has 0 aromatic heterocycles. The van der Waals surface area contributed by atoms with E-state index in [1.165, 1.54) is 12.1 Å². The number of halogens is 1. The minimum absolute atomic E-state index is 0.176. The Balaban J connectivity index is 2.97. The van der Waals surface area contributed by atoms with E-state index in [0.717, 1.165) is 6.92 Å². The first-order chi connectivity index (χ1) is 4.61. The van der Waals surface area contributed by atoms with Crippen LogP contribution in [0.25, 0.3) is 0 Å².